The van der Waals surface area contributed by atoms with Crippen LogP contribution < -0.4 is 5.32 Å². The molecule has 0 bridgehead atoms. The maximum atomic E-state index is 11.8. The quantitative estimate of drug-likeness (QED) is 0.788. The number of aromatic nitrogens is 1. The lowest BCUT2D eigenvalue weighted by Crippen LogP contribution is -2.26. The Morgan fingerprint density at radius 2 is 2.16 bits per heavy atom. The van der Waals surface area contributed by atoms with Crippen LogP contribution in [-0.2, 0) is 22.0 Å². The van der Waals surface area contributed by atoms with E-state index in [0.717, 1.165) is 22.9 Å². The molecule has 2 rings (SSSR count). The van der Waals surface area contributed by atoms with E-state index in [-0.39, 0.29) is 5.91 Å². The summed E-state index contributed by atoms with van der Waals surface area (Å²) < 4.78 is 10.9. The molecule has 0 aliphatic heterocycles. The first kappa shape index (κ1) is 13.8. The van der Waals surface area contributed by atoms with Crippen LogP contribution in [0.25, 0.3) is 10.9 Å². The molecule has 1 aromatic heterocycles. The lowest BCUT2D eigenvalue weighted by molar-refractivity contribution is -0.120. The van der Waals surface area contributed by atoms with Crippen molar-refractivity contribution in [1.29, 1.82) is 0 Å². The normalized spacial score (nSPS) is 12.5. The largest absolute Gasteiger partial charge is 0.361 e. The molecule has 1 aromatic carbocycles. The van der Waals surface area contributed by atoms with Crippen LogP contribution >= 0.6 is 0 Å². The zero-order valence-electron chi connectivity index (χ0n) is 10.9. The van der Waals surface area contributed by atoms with Crippen molar-refractivity contribution in [1.82, 2.24) is 10.3 Å². The molecule has 0 aliphatic carbocycles. The number of fused-ring (bicyclic) bond motifs is 1. The van der Waals surface area contributed by atoms with Crippen molar-refractivity contribution in [2.24, 2.45) is 0 Å². The number of benzene rings is 1. The highest BCUT2D eigenvalue weighted by molar-refractivity contribution is 7.84. The third kappa shape index (κ3) is 3.92. The fourth-order valence-corrected chi connectivity index (χ4v) is 2.57. The van der Waals surface area contributed by atoms with E-state index in [9.17, 15) is 9.00 Å². The minimum atomic E-state index is -0.787. The van der Waals surface area contributed by atoms with Gasteiger partial charge in [-0.05, 0) is 18.1 Å². The van der Waals surface area contributed by atoms with Gasteiger partial charge in [0.2, 0.25) is 5.91 Å². The van der Waals surface area contributed by atoms with Crippen molar-refractivity contribution < 1.29 is 9.00 Å². The summed E-state index contributed by atoms with van der Waals surface area (Å²) in [5.41, 5.74) is 2.05. The molecule has 1 atom stereocenters. The van der Waals surface area contributed by atoms with Gasteiger partial charge in [0.25, 0.3) is 0 Å². The zero-order valence-corrected chi connectivity index (χ0v) is 11.8. The van der Waals surface area contributed by atoms with Gasteiger partial charge in [0.1, 0.15) is 0 Å². The summed E-state index contributed by atoms with van der Waals surface area (Å²) >= 11 is 0. The van der Waals surface area contributed by atoms with E-state index in [1.807, 2.05) is 30.5 Å². The van der Waals surface area contributed by atoms with Crippen molar-refractivity contribution in [2.45, 2.75) is 12.8 Å². The molecule has 19 heavy (non-hydrogen) atoms. The van der Waals surface area contributed by atoms with Crippen LogP contribution in [-0.4, -0.2) is 33.7 Å². The lowest BCUT2D eigenvalue weighted by Gasteiger charge is -2.03. The molecule has 1 amide bonds. The van der Waals surface area contributed by atoms with Crippen LogP contribution in [0.2, 0.25) is 0 Å². The van der Waals surface area contributed by atoms with E-state index in [1.165, 1.54) is 0 Å². The molecular weight excluding hydrogens is 260 g/mol. The third-order valence-electron chi connectivity index (χ3n) is 2.96. The zero-order chi connectivity index (χ0) is 13.7. The number of para-hydroxylation sites is 1. The second-order valence-electron chi connectivity index (χ2n) is 4.52. The Hall–Kier alpha value is -1.62. The van der Waals surface area contributed by atoms with Gasteiger partial charge < -0.3 is 10.3 Å². The van der Waals surface area contributed by atoms with Crippen LogP contribution in [0.5, 0.6) is 0 Å². The molecule has 2 aromatic rings. The van der Waals surface area contributed by atoms with E-state index in [1.54, 1.807) is 6.26 Å². The highest BCUT2D eigenvalue weighted by Gasteiger charge is 2.07. The van der Waals surface area contributed by atoms with Crippen molar-refractivity contribution in [3.8, 4) is 0 Å². The molecule has 0 radical (unpaired) electrons. The minimum absolute atomic E-state index is 0.00615. The molecule has 1 heterocycles. The van der Waals surface area contributed by atoms with Crippen molar-refractivity contribution in [2.75, 3.05) is 18.6 Å². The number of aromatic amines is 1. The van der Waals surface area contributed by atoms with Gasteiger partial charge in [-0.15, -0.1) is 0 Å². The SMILES string of the molecule is CS(=O)CCCNC(=O)Cc1c[nH]c2ccccc12. The first-order chi connectivity index (χ1) is 9.16. The standard InChI is InChI=1S/C14H18N2O2S/c1-19(18)8-4-7-15-14(17)9-11-10-16-13-6-3-2-5-12(11)13/h2-3,5-6,10,16H,4,7-9H2,1H3,(H,15,17). The van der Waals surface area contributed by atoms with Gasteiger partial charge in [0, 0.05) is 46.5 Å². The molecule has 0 spiro atoms. The Bertz CT molecular complexity index is 592. The van der Waals surface area contributed by atoms with Crippen LogP contribution in [0, 0.1) is 0 Å². The molecule has 2 N–H and O–H groups in total. The maximum Gasteiger partial charge on any atom is 0.224 e. The fourth-order valence-electron chi connectivity index (χ4n) is 2.02. The molecule has 102 valence electrons. The predicted octanol–water partition coefficient (Wildman–Crippen LogP) is 1.60. The van der Waals surface area contributed by atoms with Gasteiger partial charge in [-0.2, -0.15) is 0 Å². The second kappa shape index (κ2) is 6.52. The summed E-state index contributed by atoms with van der Waals surface area (Å²) in [4.78, 5) is 15.0. The number of hydrogen-bond acceptors (Lipinski definition) is 2. The van der Waals surface area contributed by atoms with Crippen molar-refractivity contribution >= 4 is 27.6 Å². The summed E-state index contributed by atoms with van der Waals surface area (Å²) in [5, 5.41) is 3.94. The Morgan fingerprint density at radius 3 is 2.95 bits per heavy atom. The van der Waals surface area contributed by atoms with Crippen LogP contribution in [0.15, 0.2) is 30.5 Å². The third-order valence-corrected chi connectivity index (χ3v) is 3.82. The van der Waals surface area contributed by atoms with Gasteiger partial charge in [-0.3, -0.25) is 9.00 Å². The lowest BCUT2D eigenvalue weighted by atomic mass is 10.1. The maximum absolute atomic E-state index is 11.8. The summed E-state index contributed by atoms with van der Waals surface area (Å²) in [5.74, 6) is 0.638. The summed E-state index contributed by atoms with van der Waals surface area (Å²) in [6, 6.07) is 7.93. The van der Waals surface area contributed by atoms with Gasteiger partial charge in [-0.1, -0.05) is 18.2 Å². The molecule has 5 heteroatoms. The molecule has 1 unspecified atom stereocenters. The number of H-pyrrole nitrogens is 1. The van der Waals surface area contributed by atoms with E-state index in [4.69, 9.17) is 0 Å². The molecule has 4 nitrogen and oxygen atoms in total. The molecule has 0 saturated heterocycles. The number of nitrogens with one attached hydrogen (secondary N) is 2. The molecular formula is C14H18N2O2S. The van der Waals surface area contributed by atoms with Gasteiger partial charge in [-0.25, -0.2) is 0 Å². The van der Waals surface area contributed by atoms with Crippen LogP contribution in [0.3, 0.4) is 0 Å². The van der Waals surface area contributed by atoms with E-state index in [2.05, 4.69) is 10.3 Å². The second-order valence-corrected chi connectivity index (χ2v) is 6.07. The Balaban J connectivity index is 1.87. The van der Waals surface area contributed by atoms with Gasteiger partial charge >= 0.3 is 0 Å². The topological polar surface area (TPSA) is 62.0 Å². The first-order valence-corrected chi connectivity index (χ1v) is 8.01. The summed E-state index contributed by atoms with van der Waals surface area (Å²) in [7, 11) is -0.787. The van der Waals surface area contributed by atoms with Crippen LogP contribution in [0.4, 0.5) is 0 Å². The van der Waals surface area contributed by atoms with Gasteiger partial charge in [0.05, 0.1) is 6.42 Å². The Morgan fingerprint density at radius 1 is 1.37 bits per heavy atom. The number of hydrogen-bond donors (Lipinski definition) is 2. The van der Waals surface area contributed by atoms with Crippen LogP contribution in [0.1, 0.15) is 12.0 Å². The monoisotopic (exact) mass is 278 g/mol. The Kier molecular flexibility index (Phi) is 4.74. The van der Waals surface area contributed by atoms with Crippen molar-refractivity contribution in [3.05, 3.63) is 36.0 Å². The molecule has 0 aliphatic rings. The average molecular weight is 278 g/mol. The average Bonchev–Trinajstić information content (AvgIpc) is 2.78. The highest BCUT2D eigenvalue weighted by atomic mass is 32.2. The number of amides is 1. The van der Waals surface area contributed by atoms with Gasteiger partial charge in [0.15, 0.2) is 0 Å². The van der Waals surface area contributed by atoms with E-state index in [0.29, 0.717) is 18.7 Å². The summed E-state index contributed by atoms with van der Waals surface area (Å²) in [6.07, 6.45) is 4.68. The van der Waals surface area contributed by atoms with E-state index >= 15 is 0 Å². The summed E-state index contributed by atoms with van der Waals surface area (Å²) in [6.45, 7) is 0.584. The molecule has 0 fully saturated rings. The predicted molar refractivity (Wildman–Crippen MR) is 78.6 cm³/mol. The van der Waals surface area contributed by atoms with E-state index < -0.39 is 10.8 Å². The number of carbonyl (C=O) groups is 1. The molecule has 0 saturated carbocycles. The first-order valence-electron chi connectivity index (χ1n) is 6.28. The van der Waals surface area contributed by atoms with Crippen molar-refractivity contribution in [3.63, 3.8) is 0 Å². The fraction of sp³-hybridized carbons (Fsp3) is 0.357. The number of carbonyl (C=O) groups excluding carboxylic acids is 1. The Labute approximate surface area is 115 Å². The minimum Gasteiger partial charge on any atom is -0.361 e. The smallest absolute Gasteiger partial charge is 0.224 e. The highest BCUT2D eigenvalue weighted by Crippen LogP contribution is 2.17. The number of rotatable bonds is 6.